The van der Waals surface area contributed by atoms with Crippen LogP contribution in [0.15, 0.2) is 60.8 Å². The van der Waals surface area contributed by atoms with E-state index < -0.39 is 11.7 Å². The van der Waals surface area contributed by atoms with Crippen molar-refractivity contribution in [2.75, 3.05) is 5.32 Å². The molecule has 3 aromatic rings. The molecule has 0 fully saturated rings. The number of alkyl halides is 3. The molecule has 112 valence electrons. The van der Waals surface area contributed by atoms with Gasteiger partial charge in [0.25, 0.3) is 0 Å². The maximum Gasteiger partial charge on any atom is 0.416 e. The SMILES string of the molecule is FC(F)(F)c1ccc(NCc2cccc3cccnc23)cc1. The van der Waals surface area contributed by atoms with Crippen LogP contribution in [0.4, 0.5) is 18.9 Å². The molecule has 0 spiro atoms. The largest absolute Gasteiger partial charge is 0.416 e. The fraction of sp³-hybridized carbons (Fsp3) is 0.118. The summed E-state index contributed by atoms with van der Waals surface area (Å²) in [6, 6.07) is 14.7. The van der Waals surface area contributed by atoms with E-state index in [9.17, 15) is 13.2 Å². The molecule has 0 radical (unpaired) electrons. The highest BCUT2D eigenvalue weighted by molar-refractivity contribution is 5.81. The Morgan fingerprint density at radius 2 is 1.64 bits per heavy atom. The van der Waals surface area contributed by atoms with Gasteiger partial charge in [0.05, 0.1) is 11.1 Å². The van der Waals surface area contributed by atoms with Gasteiger partial charge in [0.1, 0.15) is 0 Å². The molecule has 2 aromatic carbocycles. The Bertz CT molecular complexity index is 775. The number of nitrogens with one attached hydrogen (secondary N) is 1. The number of aromatic nitrogens is 1. The summed E-state index contributed by atoms with van der Waals surface area (Å²) in [4.78, 5) is 4.35. The van der Waals surface area contributed by atoms with Gasteiger partial charge in [0, 0.05) is 23.8 Å². The number of benzene rings is 2. The number of nitrogens with zero attached hydrogens (tertiary/aromatic N) is 1. The summed E-state index contributed by atoms with van der Waals surface area (Å²) in [6.07, 6.45) is -2.58. The van der Waals surface area contributed by atoms with Gasteiger partial charge < -0.3 is 5.32 Å². The van der Waals surface area contributed by atoms with E-state index in [1.165, 1.54) is 12.1 Å². The first-order valence-electron chi connectivity index (χ1n) is 6.78. The van der Waals surface area contributed by atoms with Crippen molar-refractivity contribution in [3.8, 4) is 0 Å². The van der Waals surface area contributed by atoms with Crippen molar-refractivity contribution in [2.45, 2.75) is 12.7 Å². The van der Waals surface area contributed by atoms with Crippen LogP contribution in [0.2, 0.25) is 0 Å². The van der Waals surface area contributed by atoms with Crippen molar-refractivity contribution in [3.05, 3.63) is 71.9 Å². The molecule has 5 heteroatoms. The third-order valence-corrected chi connectivity index (χ3v) is 3.41. The predicted molar refractivity (Wildman–Crippen MR) is 80.5 cm³/mol. The van der Waals surface area contributed by atoms with Gasteiger partial charge in [0.2, 0.25) is 0 Å². The molecule has 0 amide bonds. The number of hydrogen-bond acceptors (Lipinski definition) is 2. The van der Waals surface area contributed by atoms with Gasteiger partial charge in [-0.15, -0.1) is 0 Å². The quantitative estimate of drug-likeness (QED) is 0.747. The van der Waals surface area contributed by atoms with E-state index >= 15 is 0 Å². The second kappa shape index (κ2) is 5.67. The number of pyridine rings is 1. The molecule has 1 N–H and O–H groups in total. The zero-order valence-corrected chi connectivity index (χ0v) is 11.6. The first-order valence-corrected chi connectivity index (χ1v) is 6.78. The van der Waals surface area contributed by atoms with Crippen LogP contribution in [-0.2, 0) is 12.7 Å². The van der Waals surface area contributed by atoms with Crippen molar-refractivity contribution in [1.29, 1.82) is 0 Å². The summed E-state index contributed by atoms with van der Waals surface area (Å²) in [7, 11) is 0. The molecule has 22 heavy (non-hydrogen) atoms. The molecular formula is C17H13F3N2. The van der Waals surface area contributed by atoms with Crippen molar-refractivity contribution in [3.63, 3.8) is 0 Å². The Morgan fingerprint density at radius 1 is 0.909 bits per heavy atom. The van der Waals surface area contributed by atoms with Gasteiger partial charge in [0.15, 0.2) is 0 Å². The van der Waals surface area contributed by atoms with Crippen LogP contribution in [0.1, 0.15) is 11.1 Å². The van der Waals surface area contributed by atoms with Crippen LogP contribution < -0.4 is 5.32 Å². The van der Waals surface area contributed by atoms with Gasteiger partial charge in [-0.1, -0.05) is 24.3 Å². The Labute approximate surface area is 125 Å². The van der Waals surface area contributed by atoms with Gasteiger partial charge in [-0.25, -0.2) is 0 Å². The molecular weight excluding hydrogens is 289 g/mol. The highest BCUT2D eigenvalue weighted by Gasteiger charge is 2.29. The van der Waals surface area contributed by atoms with Gasteiger partial charge in [-0.2, -0.15) is 13.2 Å². The molecule has 1 heterocycles. The van der Waals surface area contributed by atoms with Crippen LogP contribution in [0, 0.1) is 0 Å². The molecule has 0 saturated carbocycles. The molecule has 3 rings (SSSR count). The normalized spacial score (nSPS) is 11.6. The predicted octanol–water partition coefficient (Wildman–Crippen LogP) is 4.87. The minimum atomic E-state index is -4.31. The molecule has 2 nitrogen and oxygen atoms in total. The molecule has 0 bridgehead atoms. The number of halogens is 3. The summed E-state index contributed by atoms with van der Waals surface area (Å²) in [5, 5.41) is 4.16. The molecule has 0 aliphatic heterocycles. The Morgan fingerprint density at radius 3 is 2.36 bits per heavy atom. The second-order valence-electron chi connectivity index (χ2n) is 4.92. The van der Waals surface area contributed by atoms with E-state index in [4.69, 9.17) is 0 Å². The number of hydrogen-bond donors (Lipinski definition) is 1. The molecule has 0 aliphatic carbocycles. The lowest BCUT2D eigenvalue weighted by Gasteiger charge is -2.10. The van der Waals surface area contributed by atoms with E-state index in [-0.39, 0.29) is 0 Å². The Kier molecular flexibility index (Phi) is 3.71. The van der Waals surface area contributed by atoms with E-state index in [1.807, 2.05) is 30.3 Å². The van der Waals surface area contributed by atoms with Crippen LogP contribution in [0.25, 0.3) is 10.9 Å². The minimum Gasteiger partial charge on any atom is -0.381 e. The summed E-state index contributed by atoms with van der Waals surface area (Å²) in [6.45, 7) is 0.500. The summed E-state index contributed by atoms with van der Waals surface area (Å²) >= 11 is 0. The topological polar surface area (TPSA) is 24.9 Å². The third kappa shape index (κ3) is 3.03. The average Bonchev–Trinajstić information content (AvgIpc) is 2.52. The fourth-order valence-electron chi connectivity index (χ4n) is 2.28. The first-order chi connectivity index (χ1) is 10.5. The molecule has 0 atom stereocenters. The average molecular weight is 302 g/mol. The third-order valence-electron chi connectivity index (χ3n) is 3.41. The van der Waals surface area contributed by atoms with Gasteiger partial charge in [-0.05, 0) is 35.9 Å². The summed E-state index contributed by atoms with van der Waals surface area (Å²) in [5.74, 6) is 0. The zero-order chi connectivity index (χ0) is 15.6. The highest BCUT2D eigenvalue weighted by atomic mass is 19.4. The van der Waals surface area contributed by atoms with Crippen LogP contribution in [-0.4, -0.2) is 4.98 Å². The number of fused-ring (bicyclic) bond motifs is 1. The van der Waals surface area contributed by atoms with E-state index in [2.05, 4.69) is 10.3 Å². The Balaban J connectivity index is 1.77. The maximum absolute atomic E-state index is 12.5. The number of rotatable bonds is 3. The zero-order valence-electron chi connectivity index (χ0n) is 11.6. The van der Waals surface area contributed by atoms with E-state index in [1.54, 1.807) is 6.20 Å². The van der Waals surface area contributed by atoms with Crippen LogP contribution >= 0.6 is 0 Å². The van der Waals surface area contributed by atoms with Crippen LogP contribution in [0.5, 0.6) is 0 Å². The number of anilines is 1. The highest BCUT2D eigenvalue weighted by Crippen LogP contribution is 2.30. The molecule has 0 saturated heterocycles. The molecule has 0 aliphatic rings. The molecule has 0 unspecified atom stereocenters. The minimum absolute atomic E-state index is 0.500. The Hall–Kier alpha value is -2.56. The lowest BCUT2D eigenvalue weighted by atomic mass is 10.1. The lowest BCUT2D eigenvalue weighted by molar-refractivity contribution is -0.137. The summed E-state index contributed by atoms with van der Waals surface area (Å²) < 4.78 is 37.5. The van der Waals surface area contributed by atoms with Gasteiger partial charge >= 0.3 is 6.18 Å². The molecule has 1 aromatic heterocycles. The standard InChI is InChI=1S/C17H13F3N2/c18-17(19,20)14-6-8-15(9-7-14)22-11-13-4-1-3-12-5-2-10-21-16(12)13/h1-10,22H,11H2. The van der Waals surface area contributed by atoms with Crippen molar-refractivity contribution < 1.29 is 13.2 Å². The van der Waals surface area contributed by atoms with Crippen molar-refractivity contribution in [1.82, 2.24) is 4.98 Å². The van der Waals surface area contributed by atoms with E-state index in [0.717, 1.165) is 28.6 Å². The smallest absolute Gasteiger partial charge is 0.381 e. The first kappa shape index (κ1) is 14.4. The second-order valence-corrected chi connectivity index (χ2v) is 4.92. The number of para-hydroxylation sites is 1. The van der Waals surface area contributed by atoms with Crippen LogP contribution in [0.3, 0.4) is 0 Å². The summed E-state index contributed by atoms with van der Waals surface area (Å²) in [5.41, 5.74) is 1.88. The van der Waals surface area contributed by atoms with Crippen molar-refractivity contribution in [2.24, 2.45) is 0 Å². The van der Waals surface area contributed by atoms with Crippen molar-refractivity contribution >= 4 is 16.6 Å². The maximum atomic E-state index is 12.5. The van der Waals surface area contributed by atoms with E-state index in [0.29, 0.717) is 12.2 Å². The fourth-order valence-corrected chi connectivity index (χ4v) is 2.28. The van der Waals surface area contributed by atoms with Gasteiger partial charge in [-0.3, -0.25) is 4.98 Å². The lowest BCUT2D eigenvalue weighted by Crippen LogP contribution is -2.05. The monoisotopic (exact) mass is 302 g/mol.